The number of hydrogen-bond acceptors (Lipinski definition) is 3. The largest absolute Gasteiger partial charge is 0.345 e. The normalized spacial score (nSPS) is 14.0. The summed E-state index contributed by atoms with van der Waals surface area (Å²) in [6.45, 7) is 0.967. The Hall–Kier alpha value is -2.24. The summed E-state index contributed by atoms with van der Waals surface area (Å²) in [7, 11) is 0. The highest BCUT2D eigenvalue weighted by atomic mass is 19.1. The van der Waals surface area contributed by atoms with Crippen LogP contribution in [-0.2, 0) is 19.5 Å². The molecule has 0 spiro atoms. The van der Waals surface area contributed by atoms with Gasteiger partial charge >= 0.3 is 5.69 Å². The van der Waals surface area contributed by atoms with Crippen LogP contribution in [0.3, 0.4) is 0 Å². The number of rotatable bonds is 4. The molecule has 0 saturated heterocycles. The standard InChI is InChI=1S/C15H16FN3O2/c16-12-6-4-11(5-7-12)13(20)8-10-19-15(21)18-9-2-1-3-14(18)17-19/h4-7H,1-3,8-10H2. The van der Waals surface area contributed by atoms with Gasteiger partial charge in [-0.1, -0.05) is 0 Å². The molecule has 6 heteroatoms. The Bertz CT molecular complexity index is 716. The Kier molecular flexibility index (Phi) is 3.68. The van der Waals surface area contributed by atoms with Crippen LogP contribution in [0.25, 0.3) is 0 Å². The van der Waals surface area contributed by atoms with Gasteiger partial charge in [-0.15, -0.1) is 0 Å². The van der Waals surface area contributed by atoms with Gasteiger partial charge in [0.2, 0.25) is 0 Å². The fraction of sp³-hybridized carbons (Fsp3) is 0.400. The van der Waals surface area contributed by atoms with Crippen LogP contribution in [-0.4, -0.2) is 20.1 Å². The third-order valence-corrected chi connectivity index (χ3v) is 3.75. The summed E-state index contributed by atoms with van der Waals surface area (Å²) in [5.41, 5.74) is 0.310. The Morgan fingerprint density at radius 3 is 2.71 bits per heavy atom. The Balaban J connectivity index is 1.70. The van der Waals surface area contributed by atoms with Crippen molar-refractivity contribution in [2.45, 2.75) is 38.8 Å². The number of fused-ring (bicyclic) bond motifs is 1. The minimum Gasteiger partial charge on any atom is -0.294 e. The number of aromatic nitrogens is 3. The third-order valence-electron chi connectivity index (χ3n) is 3.75. The number of benzene rings is 1. The number of hydrogen-bond donors (Lipinski definition) is 0. The molecule has 0 atom stereocenters. The van der Waals surface area contributed by atoms with Crippen molar-refractivity contribution in [1.82, 2.24) is 14.3 Å². The van der Waals surface area contributed by atoms with Gasteiger partial charge in [-0.3, -0.25) is 9.36 Å². The molecule has 0 amide bonds. The Labute approximate surface area is 121 Å². The van der Waals surface area contributed by atoms with E-state index in [0.29, 0.717) is 12.1 Å². The highest BCUT2D eigenvalue weighted by Gasteiger charge is 2.17. The topological polar surface area (TPSA) is 56.9 Å². The number of Topliss-reactive ketones (excluding diaryl/α,β-unsaturated/α-hetero) is 1. The second-order valence-corrected chi connectivity index (χ2v) is 5.21. The minimum atomic E-state index is -0.371. The van der Waals surface area contributed by atoms with Crippen molar-refractivity contribution < 1.29 is 9.18 Å². The van der Waals surface area contributed by atoms with Crippen molar-refractivity contribution in [2.24, 2.45) is 0 Å². The Morgan fingerprint density at radius 1 is 1.24 bits per heavy atom. The lowest BCUT2D eigenvalue weighted by Gasteiger charge is -2.09. The van der Waals surface area contributed by atoms with Gasteiger partial charge in [-0.25, -0.2) is 13.9 Å². The van der Waals surface area contributed by atoms with E-state index >= 15 is 0 Å². The molecule has 0 aliphatic carbocycles. The monoisotopic (exact) mass is 289 g/mol. The number of nitrogens with zero attached hydrogens (tertiary/aromatic N) is 3. The molecule has 1 aliphatic rings. The van der Waals surface area contributed by atoms with Gasteiger partial charge < -0.3 is 0 Å². The first kappa shape index (κ1) is 13.7. The zero-order valence-electron chi connectivity index (χ0n) is 11.6. The van der Waals surface area contributed by atoms with Crippen LogP contribution in [0.5, 0.6) is 0 Å². The molecular weight excluding hydrogens is 273 g/mol. The summed E-state index contributed by atoms with van der Waals surface area (Å²) < 4.78 is 15.9. The Morgan fingerprint density at radius 2 is 2.00 bits per heavy atom. The average molecular weight is 289 g/mol. The highest BCUT2D eigenvalue weighted by Crippen LogP contribution is 2.10. The maximum absolute atomic E-state index is 12.8. The molecule has 110 valence electrons. The lowest BCUT2D eigenvalue weighted by atomic mass is 10.1. The first-order valence-corrected chi connectivity index (χ1v) is 7.10. The van der Waals surface area contributed by atoms with Crippen LogP contribution in [0.1, 0.15) is 35.4 Å². The van der Waals surface area contributed by atoms with Crippen LogP contribution in [0, 0.1) is 5.82 Å². The second kappa shape index (κ2) is 5.63. The number of halogens is 1. The van der Waals surface area contributed by atoms with Crippen molar-refractivity contribution in [1.29, 1.82) is 0 Å². The molecule has 1 aliphatic heterocycles. The molecule has 0 N–H and O–H groups in total. The molecule has 2 heterocycles. The van der Waals surface area contributed by atoms with E-state index in [0.717, 1.165) is 25.1 Å². The fourth-order valence-electron chi connectivity index (χ4n) is 2.58. The first-order chi connectivity index (χ1) is 10.1. The van der Waals surface area contributed by atoms with E-state index in [9.17, 15) is 14.0 Å². The number of carbonyl (C=O) groups excluding carboxylic acids is 1. The SMILES string of the molecule is O=C(CCn1nc2n(c1=O)CCCC2)c1ccc(F)cc1. The molecule has 1 aromatic heterocycles. The van der Waals surface area contributed by atoms with E-state index in [1.807, 2.05) is 0 Å². The van der Waals surface area contributed by atoms with Crippen molar-refractivity contribution in [3.05, 3.63) is 52.0 Å². The van der Waals surface area contributed by atoms with Gasteiger partial charge in [-0.05, 0) is 37.1 Å². The van der Waals surface area contributed by atoms with E-state index in [1.165, 1.54) is 28.9 Å². The summed E-state index contributed by atoms with van der Waals surface area (Å²) >= 11 is 0. The van der Waals surface area contributed by atoms with Crippen LogP contribution in [0.4, 0.5) is 4.39 Å². The summed E-state index contributed by atoms with van der Waals surface area (Å²) in [4.78, 5) is 24.1. The average Bonchev–Trinajstić information content (AvgIpc) is 2.82. The van der Waals surface area contributed by atoms with E-state index in [-0.39, 0.29) is 30.3 Å². The van der Waals surface area contributed by atoms with Crippen molar-refractivity contribution in [3.8, 4) is 0 Å². The smallest absolute Gasteiger partial charge is 0.294 e. The number of ketones is 1. The van der Waals surface area contributed by atoms with Crippen LogP contribution in [0.15, 0.2) is 29.1 Å². The third kappa shape index (κ3) is 2.79. The molecule has 0 fully saturated rings. The minimum absolute atomic E-state index is 0.118. The van der Waals surface area contributed by atoms with Crippen molar-refractivity contribution >= 4 is 5.78 Å². The molecule has 2 aromatic rings. The molecule has 5 nitrogen and oxygen atoms in total. The quantitative estimate of drug-likeness (QED) is 0.806. The predicted octanol–water partition coefficient (Wildman–Crippen LogP) is 1.79. The molecule has 3 rings (SSSR count). The maximum atomic E-state index is 12.8. The lowest BCUT2D eigenvalue weighted by molar-refractivity contribution is 0.0975. The molecule has 1 aromatic carbocycles. The summed E-state index contributed by atoms with van der Waals surface area (Å²) in [5.74, 6) is 0.317. The fourth-order valence-corrected chi connectivity index (χ4v) is 2.58. The van der Waals surface area contributed by atoms with Crippen molar-refractivity contribution in [3.63, 3.8) is 0 Å². The van der Waals surface area contributed by atoms with Gasteiger partial charge in [0.05, 0.1) is 6.54 Å². The van der Waals surface area contributed by atoms with Crippen LogP contribution in [0.2, 0.25) is 0 Å². The molecule has 21 heavy (non-hydrogen) atoms. The summed E-state index contributed by atoms with van der Waals surface area (Å²) in [6, 6.07) is 5.43. The van der Waals surface area contributed by atoms with Crippen molar-refractivity contribution in [2.75, 3.05) is 0 Å². The zero-order chi connectivity index (χ0) is 14.8. The molecule has 0 unspecified atom stereocenters. The first-order valence-electron chi connectivity index (χ1n) is 7.10. The summed E-state index contributed by atoms with van der Waals surface area (Å²) in [6.07, 6.45) is 3.04. The predicted molar refractivity (Wildman–Crippen MR) is 74.8 cm³/mol. The van der Waals surface area contributed by atoms with E-state index < -0.39 is 0 Å². The van der Waals surface area contributed by atoms with Gasteiger partial charge in [0.15, 0.2) is 5.78 Å². The van der Waals surface area contributed by atoms with Gasteiger partial charge in [0, 0.05) is 24.9 Å². The van der Waals surface area contributed by atoms with E-state index in [1.54, 1.807) is 4.57 Å². The molecule has 0 bridgehead atoms. The van der Waals surface area contributed by atoms with Gasteiger partial charge in [-0.2, -0.15) is 5.10 Å². The number of carbonyl (C=O) groups is 1. The van der Waals surface area contributed by atoms with E-state index in [2.05, 4.69) is 5.10 Å². The van der Waals surface area contributed by atoms with Gasteiger partial charge in [0.1, 0.15) is 11.6 Å². The molecular formula is C15H16FN3O2. The second-order valence-electron chi connectivity index (χ2n) is 5.21. The lowest BCUT2D eigenvalue weighted by Crippen LogP contribution is -2.27. The van der Waals surface area contributed by atoms with Crippen LogP contribution >= 0.6 is 0 Å². The van der Waals surface area contributed by atoms with Gasteiger partial charge in [0.25, 0.3) is 0 Å². The highest BCUT2D eigenvalue weighted by molar-refractivity contribution is 5.95. The zero-order valence-corrected chi connectivity index (χ0v) is 11.6. The van der Waals surface area contributed by atoms with Crippen LogP contribution < -0.4 is 5.69 Å². The number of aryl methyl sites for hydroxylation is 2. The molecule has 0 radical (unpaired) electrons. The molecule has 0 saturated carbocycles. The maximum Gasteiger partial charge on any atom is 0.345 e. The summed E-state index contributed by atoms with van der Waals surface area (Å²) in [5, 5.41) is 4.28. The van der Waals surface area contributed by atoms with E-state index in [4.69, 9.17) is 0 Å².